The van der Waals surface area contributed by atoms with Crippen molar-refractivity contribution in [1.29, 1.82) is 0 Å². The minimum absolute atomic E-state index is 0.285. The lowest BCUT2D eigenvalue weighted by atomic mass is 9.42. The van der Waals surface area contributed by atoms with Crippen LogP contribution < -0.4 is 0 Å². The SMILES string of the molecule is C[CH2][Al]1[CH2]CC2([CH2]1)CC1(CC3CCC1(C)C3(C)C)C2. The highest BCUT2D eigenvalue weighted by Gasteiger charge is 2.74. The molecule has 0 radical (unpaired) electrons. The molecule has 3 aliphatic carbocycles. The van der Waals surface area contributed by atoms with Gasteiger partial charge >= 0.3 is 0 Å². The summed E-state index contributed by atoms with van der Waals surface area (Å²) in [4.78, 5) is 0. The van der Waals surface area contributed by atoms with Gasteiger partial charge in [0.2, 0.25) is 0 Å². The first-order valence-electron chi connectivity index (χ1n) is 8.87. The maximum absolute atomic E-state index is 2.68. The minimum atomic E-state index is -0.285. The van der Waals surface area contributed by atoms with Crippen LogP contribution in [0.1, 0.15) is 66.2 Å². The fraction of sp³-hybridized carbons (Fsp3) is 1.00. The number of fused-ring (bicyclic) bond motifs is 3. The lowest BCUT2D eigenvalue weighted by Gasteiger charge is -2.63. The van der Waals surface area contributed by atoms with E-state index in [1.165, 1.54) is 12.8 Å². The van der Waals surface area contributed by atoms with Gasteiger partial charge < -0.3 is 0 Å². The van der Waals surface area contributed by atoms with Gasteiger partial charge in [0.15, 0.2) is 0 Å². The molecule has 0 amide bonds. The Morgan fingerprint density at radius 1 is 1.11 bits per heavy atom. The van der Waals surface area contributed by atoms with Crippen molar-refractivity contribution in [2.45, 2.75) is 82.1 Å². The van der Waals surface area contributed by atoms with Crippen LogP contribution in [0.15, 0.2) is 0 Å². The normalized spacial score (nSPS) is 49.3. The Kier molecular flexibility index (Phi) is 2.53. The zero-order chi connectivity index (χ0) is 13.5. The Balaban J connectivity index is 1.57. The van der Waals surface area contributed by atoms with E-state index < -0.39 is 0 Å². The zero-order valence-electron chi connectivity index (χ0n) is 13.5. The molecule has 1 aliphatic heterocycles. The molecule has 1 heterocycles. The quantitative estimate of drug-likeness (QED) is 0.552. The number of hydrogen-bond donors (Lipinski definition) is 0. The maximum Gasteiger partial charge on any atom is 0.262 e. The van der Waals surface area contributed by atoms with Crippen molar-refractivity contribution in [2.24, 2.45) is 27.6 Å². The summed E-state index contributed by atoms with van der Waals surface area (Å²) in [6, 6.07) is 0. The van der Waals surface area contributed by atoms with Gasteiger partial charge in [0.25, 0.3) is 14.1 Å². The van der Waals surface area contributed by atoms with Gasteiger partial charge in [-0.3, -0.25) is 0 Å². The summed E-state index contributed by atoms with van der Waals surface area (Å²) in [5, 5.41) is 4.96. The van der Waals surface area contributed by atoms with Crippen LogP contribution in [0, 0.1) is 27.6 Å². The van der Waals surface area contributed by atoms with Gasteiger partial charge in [-0.25, -0.2) is 0 Å². The second kappa shape index (κ2) is 3.65. The van der Waals surface area contributed by atoms with Crippen LogP contribution in [0.2, 0.25) is 15.8 Å². The van der Waals surface area contributed by atoms with Crippen LogP contribution in [0.5, 0.6) is 0 Å². The predicted molar refractivity (Wildman–Crippen MR) is 83.8 cm³/mol. The van der Waals surface area contributed by atoms with E-state index in [2.05, 4.69) is 27.7 Å². The van der Waals surface area contributed by atoms with Crippen LogP contribution >= 0.6 is 0 Å². The fourth-order valence-electron chi connectivity index (χ4n) is 7.51. The van der Waals surface area contributed by atoms with E-state index in [9.17, 15) is 0 Å². The summed E-state index contributed by atoms with van der Waals surface area (Å²) in [6.07, 6.45) is 9.57. The van der Waals surface area contributed by atoms with E-state index in [0.29, 0.717) is 10.8 Å². The summed E-state index contributed by atoms with van der Waals surface area (Å²) < 4.78 is 0. The molecular formula is C18H31Al. The lowest BCUT2D eigenvalue weighted by Crippen LogP contribution is -2.54. The highest BCUT2D eigenvalue weighted by molar-refractivity contribution is 6.59. The summed E-state index contributed by atoms with van der Waals surface area (Å²) in [7, 11) is 0. The van der Waals surface area contributed by atoms with Crippen molar-refractivity contribution < 1.29 is 0 Å². The molecule has 0 aromatic carbocycles. The van der Waals surface area contributed by atoms with Crippen molar-refractivity contribution >= 4 is 14.1 Å². The Bertz CT molecular complexity index is 404. The third kappa shape index (κ3) is 1.38. The smallest absolute Gasteiger partial charge is 0.0967 e. The van der Waals surface area contributed by atoms with E-state index in [-0.39, 0.29) is 14.1 Å². The molecule has 19 heavy (non-hydrogen) atoms. The van der Waals surface area contributed by atoms with E-state index in [4.69, 9.17) is 0 Å². The summed E-state index contributed by atoms with van der Waals surface area (Å²) in [6.45, 7) is 10.3. The zero-order valence-corrected chi connectivity index (χ0v) is 14.7. The average Bonchev–Trinajstić information content (AvgIpc) is 2.88. The van der Waals surface area contributed by atoms with Crippen molar-refractivity contribution in [3.63, 3.8) is 0 Å². The molecule has 1 saturated heterocycles. The molecule has 106 valence electrons. The Morgan fingerprint density at radius 2 is 1.84 bits per heavy atom. The van der Waals surface area contributed by atoms with Crippen molar-refractivity contribution in [3.8, 4) is 0 Å². The first-order valence-corrected chi connectivity index (χ1v) is 11.3. The molecule has 0 aromatic rings. The van der Waals surface area contributed by atoms with Gasteiger partial charge in [-0.1, -0.05) is 50.0 Å². The topological polar surface area (TPSA) is 0 Å². The molecule has 0 nitrogen and oxygen atoms in total. The Labute approximate surface area is 124 Å². The van der Waals surface area contributed by atoms with E-state index in [1.54, 1.807) is 41.5 Å². The second-order valence-electron chi connectivity index (χ2n) is 9.64. The van der Waals surface area contributed by atoms with Crippen molar-refractivity contribution in [2.75, 3.05) is 0 Å². The standard InChI is InChI=1S/C16H26.C2H5.Al/c1-6-14(4)10-16(11-14)9-12-7-8-15(16,5)13(12,2)3;1-2;/h12H,1,4,6-11H2,2-3,5H3;1H2,2H3;. The lowest BCUT2D eigenvalue weighted by molar-refractivity contribution is -0.128. The van der Waals surface area contributed by atoms with Crippen LogP contribution in [0.4, 0.5) is 0 Å². The Morgan fingerprint density at radius 3 is 2.32 bits per heavy atom. The first kappa shape index (κ1) is 13.2. The first-order chi connectivity index (χ1) is 8.87. The molecule has 1 heteroatoms. The summed E-state index contributed by atoms with van der Waals surface area (Å²) in [5.74, 6) is 1.05. The van der Waals surface area contributed by atoms with Crippen LogP contribution in [-0.4, -0.2) is 14.1 Å². The van der Waals surface area contributed by atoms with Crippen LogP contribution in [0.3, 0.4) is 0 Å². The van der Waals surface area contributed by atoms with Gasteiger partial charge in [0.1, 0.15) is 0 Å². The molecule has 0 aromatic heterocycles. The minimum Gasteiger partial charge on any atom is -0.0967 e. The van der Waals surface area contributed by atoms with Gasteiger partial charge in [0, 0.05) is 0 Å². The van der Waals surface area contributed by atoms with E-state index in [1.807, 2.05) is 0 Å². The van der Waals surface area contributed by atoms with Crippen LogP contribution in [0.25, 0.3) is 0 Å². The summed E-state index contributed by atoms with van der Waals surface area (Å²) in [5.41, 5.74) is 2.98. The molecule has 4 fully saturated rings. The number of hydrogen-bond acceptors (Lipinski definition) is 0. The predicted octanol–water partition coefficient (Wildman–Crippen LogP) is 5.52. The van der Waals surface area contributed by atoms with Crippen molar-refractivity contribution in [1.82, 2.24) is 0 Å². The molecule has 4 rings (SSSR count). The molecule has 2 unspecified atom stereocenters. The largest absolute Gasteiger partial charge is 0.262 e. The van der Waals surface area contributed by atoms with Gasteiger partial charge in [-0.2, -0.15) is 0 Å². The Hall–Kier alpha value is 0.532. The maximum atomic E-state index is 2.68. The molecule has 2 spiro atoms. The van der Waals surface area contributed by atoms with Gasteiger partial charge in [-0.15, -0.1) is 0 Å². The molecule has 3 saturated carbocycles. The third-order valence-corrected chi connectivity index (χ3v) is 12.8. The monoisotopic (exact) mass is 274 g/mol. The molecule has 4 aliphatic rings. The highest BCUT2D eigenvalue weighted by Crippen LogP contribution is 2.83. The molecule has 0 N–H and O–H groups in total. The fourth-order valence-corrected chi connectivity index (χ4v) is 11.2. The third-order valence-electron chi connectivity index (χ3n) is 9.05. The number of rotatable bonds is 1. The van der Waals surface area contributed by atoms with E-state index in [0.717, 1.165) is 16.7 Å². The average molecular weight is 274 g/mol. The molecular weight excluding hydrogens is 243 g/mol. The molecule has 2 atom stereocenters. The highest BCUT2D eigenvalue weighted by atomic mass is 27.2. The van der Waals surface area contributed by atoms with Crippen molar-refractivity contribution in [3.05, 3.63) is 0 Å². The summed E-state index contributed by atoms with van der Waals surface area (Å²) >= 11 is -0.285. The van der Waals surface area contributed by atoms with Gasteiger partial charge in [0.05, 0.1) is 0 Å². The van der Waals surface area contributed by atoms with E-state index >= 15 is 0 Å². The van der Waals surface area contributed by atoms with Gasteiger partial charge in [-0.05, 0) is 59.7 Å². The second-order valence-corrected chi connectivity index (χ2v) is 13.2. The van der Waals surface area contributed by atoms with Crippen LogP contribution in [-0.2, 0) is 0 Å². The molecule has 2 bridgehead atoms.